The van der Waals surface area contributed by atoms with Crippen LogP contribution in [0.2, 0.25) is 0 Å². The summed E-state index contributed by atoms with van der Waals surface area (Å²) in [5.74, 6) is -0.241. The molecular weight excluding hydrogens is 487 g/mol. The highest BCUT2D eigenvalue weighted by Gasteiger charge is 2.26. The van der Waals surface area contributed by atoms with Crippen molar-refractivity contribution in [2.24, 2.45) is 5.92 Å². The minimum absolute atomic E-state index is 0.194. The smallest absolute Gasteiger partial charge is 0.317 e. The van der Waals surface area contributed by atoms with Crippen LogP contribution in [0.4, 0.5) is 9.52 Å². The van der Waals surface area contributed by atoms with Gasteiger partial charge in [0.2, 0.25) is 0 Å². The molecule has 0 radical (unpaired) electrons. The third kappa shape index (κ3) is 4.79. The monoisotopic (exact) mass is 520 g/mol. The first kappa shape index (κ1) is 25.5. The molecule has 2 aromatic heterocycles. The molecule has 0 spiro atoms. The van der Waals surface area contributed by atoms with Crippen molar-refractivity contribution in [3.63, 3.8) is 0 Å². The third-order valence-corrected chi connectivity index (χ3v) is 8.09. The average Bonchev–Trinajstić information content (AvgIpc) is 3.44. The highest BCUT2D eigenvalue weighted by molar-refractivity contribution is 7.13. The maximum absolute atomic E-state index is 16.5. The molecule has 7 nitrogen and oxygen atoms in total. The Morgan fingerprint density at radius 3 is 2.84 bits per heavy atom. The highest BCUT2D eigenvalue weighted by atomic mass is 32.1. The van der Waals surface area contributed by atoms with Gasteiger partial charge >= 0.3 is 6.01 Å². The minimum Gasteiger partial charge on any atom is -0.462 e. The van der Waals surface area contributed by atoms with E-state index in [9.17, 15) is 0 Å². The Balaban J connectivity index is 1.72. The van der Waals surface area contributed by atoms with E-state index in [0.29, 0.717) is 44.2 Å². The van der Waals surface area contributed by atoms with E-state index < -0.39 is 5.82 Å². The van der Waals surface area contributed by atoms with Gasteiger partial charge in [-0.25, -0.2) is 9.37 Å². The van der Waals surface area contributed by atoms with E-state index in [4.69, 9.17) is 15.5 Å². The van der Waals surface area contributed by atoms with Crippen molar-refractivity contribution in [2.75, 3.05) is 39.0 Å². The molecule has 0 amide bonds. The topological polar surface area (TPSA) is 89.2 Å². The Hall–Kier alpha value is -3.14. The van der Waals surface area contributed by atoms with Gasteiger partial charge in [0.05, 0.1) is 11.0 Å². The first-order valence-corrected chi connectivity index (χ1v) is 13.4. The van der Waals surface area contributed by atoms with Gasteiger partial charge in [0, 0.05) is 40.2 Å². The van der Waals surface area contributed by atoms with E-state index >= 15 is 4.39 Å². The molecular formula is C28H33FN6OS. The van der Waals surface area contributed by atoms with Crippen molar-refractivity contribution >= 4 is 45.1 Å². The number of aryl methyl sites for hydroxylation is 1. The van der Waals surface area contributed by atoms with Gasteiger partial charge in [-0.3, -0.25) is 0 Å². The zero-order chi connectivity index (χ0) is 26.3. The van der Waals surface area contributed by atoms with E-state index in [1.54, 1.807) is 6.08 Å². The molecule has 0 saturated carbocycles. The molecule has 2 atom stereocenters. The van der Waals surface area contributed by atoms with Crippen LogP contribution in [0.5, 0.6) is 6.01 Å². The van der Waals surface area contributed by atoms with E-state index in [1.165, 1.54) is 11.3 Å². The van der Waals surface area contributed by atoms with Crippen LogP contribution in [0.1, 0.15) is 36.6 Å². The van der Waals surface area contributed by atoms with E-state index in [-0.39, 0.29) is 17.4 Å². The molecule has 5 rings (SSSR count). The number of allylic oxidation sites excluding steroid dienone is 1. The second-order valence-electron chi connectivity index (χ2n) is 9.88. The fraction of sp³-hybridized carbons (Fsp3) is 0.393. The number of hydrogen-bond donors (Lipinski definition) is 2. The number of likely N-dealkylation sites (tertiary alicyclic amines) is 1. The molecule has 0 bridgehead atoms. The number of anilines is 1. The van der Waals surface area contributed by atoms with E-state index in [1.807, 2.05) is 13.0 Å². The average molecular weight is 521 g/mol. The zero-order valence-electron chi connectivity index (χ0n) is 21.6. The van der Waals surface area contributed by atoms with Gasteiger partial charge in [0.25, 0.3) is 0 Å². The summed E-state index contributed by atoms with van der Waals surface area (Å²) in [7, 11) is 2.10. The molecule has 2 aliphatic heterocycles. The van der Waals surface area contributed by atoms with Gasteiger partial charge in [0.1, 0.15) is 12.1 Å². The van der Waals surface area contributed by atoms with E-state index in [2.05, 4.69) is 53.4 Å². The van der Waals surface area contributed by atoms with Crippen molar-refractivity contribution < 1.29 is 9.13 Å². The summed E-state index contributed by atoms with van der Waals surface area (Å²) in [4.78, 5) is 16.1. The molecule has 1 saturated heterocycles. The number of nitrogen functional groups attached to an aromatic ring is 1. The first-order valence-electron chi connectivity index (χ1n) is 12.6. The Morgan fingerprint density at radius 2 is 2.19 bits per heavy atom. The lowest BCUT2D eigenvalue weighted by atomic mass is 9.90. The molecule has 3 aromatic rings. The molecule has 0 aliphatic carbocycles. The van der Waals surface area contributed by atoms with Crippen LogP contribution < -0.4 is 25.7 Å². The summed E-state index contributed by atoms with van der Waals surface area (Å²) in [5.41, 5.74) is 9.60. The predicted molar refractivity (Wildman–Crippen MR) is 149 cm³/mol. The minimum atomic E-state index is -0.454. The number of fused-ring (bicyclic) bond motifs is 1. The van der Waals surface area contributed by atoms with Gasteiger partial charge in [-0.2, -0.15) is 9.97 Å². The standard InChI is InChI=1S/C28H33FN6OS/c1-6-19(24-17(4)37-27(30)32-24)22-15(2)12-21-25(20-9-10-31-13-16(20)3)33-28(34-26(21)23(22)29)36-14-18-8-7-11-35(18)5/h6,9,12,16,18,31H,1,4,7-8,10-11,13-14H2,2-3,5H3,(H2,30,32)/b24-19-. The van der Waals surface area contributed by atoms with Crippen molar-refractivity contribution in [3.05, 3.63) is 57.3 Å². The summed E-state index contributed by atoms with van der Waals surface area (Å²) in [6.45, 7) is 15.1. The number of halogens is 1. The van der Waals surface area contributed by atoms with Crippen LogP contribution in [0, 0.1) is 18.7 Å². The zero-order valence-corrected chi connectivity index (χ0v) is 22.4. The Bertz CT molecular complexity index is 1510. The summed E-state index contributed by atoms with van der Waals surface area (Å²) in [5, 5.41) is 4.95. The number of nitrogens with one attached hydrogen (secondary N) is 1. The normalized spacial score (nSPS) is 21.2. The molecule has 4 heterocycles. The van der Waals surface area contributed by atoms with Crippen LogP contribution in [-0.2, 0) is 0 Å². The number of likely N-dealkylation sites (N-methyl/N-ethyl adjacent to an activating group) is 1. The van der Waals surface area contributed by atoms with Crippen LogP contribution in [0.25, 0.3) is 28.6 Å². The van der Waals surface area contributed by atoms with Crippen LogP contribution in [0.3, 0.4) is 0 Å². The molecule has 194 valence electrons. The lowest BCUT2D eigenvalue weighted by molar-refractivity contribution is 0.188. The number of nitrogens with zero attached hydrogens (tertiary/aromatic N) is 4. The molecule has 37 heavy (non-hydrogen) atoms. The van der Waals surface area contributed by atoms with Gasteiger partial charge in [-0.15, -0.1) is 0 Å². The number of thiazole rings is 1. The van der Waals surface area contributed by atoms with Crippen molar-refractivity contribution in [1.82, 2.24) is 25.2 Å². The Morgan fingerprint density at radius 1 is 1.38 bits per heavy atom. The molecule has 3 N–H and O–H groups in total. The Labute approximate surface area is 220 Å². The molecule has 2 aliphatic rings. The lowest BCUT2D eigenvalue weighted by Crippen LogP contribution is -2.31. The number of benzene rings is 1. The maximum Gasteiger partial charge on any atom is 0.317 e. The predicted octanol–water partition coefficient (Wildman–Crippen LogP) is 3.01. The largest absolute Gasteiger partial charge is 0.462 e. The van der Waals surface area contributed by atoms with Gasteiger partial charge in [-0.1, -0.05) is 43.6 Å². The van der Waals surface area contributed by atoms with Gasteiger partial charge in [0.15, 0.2) is 10.9 Å². The van der Waals surface area contributed by atoms with Crippen LogP contribution in [-0.4, -0.2) is 59.2 Å². The summed E-state index contributed by atoms with van der Waals surface area (Å²) < 4.78 is 23.3. The fourth-order valence-corrected chi connectivity index (χ4v) is 5.97. The second-order valence-corrected chi connectivity index (χ2v) is 11.0. The summed E-state index contributed by atoms with van der Waals surface area (Å²) >= 11 is 1.27. The third-order valence-electron chi connectivity index (χ3n) is 7.35. The van der Waals surface area contributed by atoms with E-state index in [0.717, 1.165) is 49.3 Å². The van der Waals surface area contributed by atoms with Crippen molar-refractivity contribution in [3.8, 4) is 6.01 Å². The van der Waals surface area contributed by atoms with Crippen LogP contribution >= 0.6 is 11.3 Å². The number of aromatic nitrogens is 3. The summed E-state index contributed by atoms with van der Waals surface area (Å²) in [6, 6.07) is 2.44. The Kier molecular flexibility index (Phi) is 7.11. The van der Waals surface area contributed by atoms with Crippen molar-refractivity contribution in [2.45, 2.75) is 32.7 Å². The number of hydrogen-bond acceptors (Lipinski definition) is 8. The molecule has 1 fully saturated rings. The first-order chi connectivity index (χ1) is 17.8. The number of ether oxygens (including phenoxy) is 1. The second kappa shape index (κ2) is 10.3. The molecule has 2 unspecified atom stereocenters. The summed E-state index contributed by atoms with van der Waals surface area (Å²) in [6.07, 6.45) is 5.93. The maximum atomic E-state index is 16.5. The van der Waals surface area contributed by atoms with Gasteiger partial charge < -0.3 is 20.7 Å². The van der Waals surface area contributed by atoms with Crippen LogP contribution in [0.15, 0.2) is 24.8 Å². The number of nitrogens with two attached hydrogens (primary N) is 1. The quantitative estimate of drug-likeness (QED) is 0.517. The molecule has 9 heteroatoms. The highest BCUT2D eigenvalue weighted by Crippen LogP contribution is 2.35. The fourth-order valence-electron chi connectivity index (χ4n) is 5.33. The van der Waals surface area contributed by atoms with Crippen molar-refractivity contribution in [1.29, 1.82) is 0 Å². The number of rotatable bonds is 6. The van der Waals surface area contributed by atoms with Gasteiger partial charge in [-0.05, 0) is 56.5 Å². The SMILES string of the molecule is C=C/C(c1c(C)cc2c(C3=CCNCC3C)nc(OCC3CCCN3C)nc2c1F)=c1/nc(N)sc1=C. The molecule has 1 aromatic carbocycles. The lowest BCUT2D eigenvalue weighted by Gasteiger charge is -2.24.